The Hall–Kier alpha value is -1.63. The molecule has 0 aliphatic rings. The van der Waals surface area contributed by atoms with Gasteiger partial charge in [-0.1, -0.05) is 0 Å². The van der Waals surface area contributed by atoms with Gasteiger partial charge in [-0.15, -0.1) is 0 Å². The van der Waals surface area contributed by atoms with Gasteiger partial charge in [0.15, 0.2) is 29.4 Å². The lowest BCUT2D eigenvalue weighted by molar-refractivity contribution is -0.167. The van der Waals surface area contributed by atoms with E-state index >= 15 is 0 Å². The number of methoxy groups -OCH3 is 1. The van der Waals surface area contributed by atoms with Crippen molar-refractivity contribution in [2.75, 3.05) is 7.11 Å². The number of rotatable bonds is 3. The largest absolute Gasteiger partial charge is 0.458 e. The molecule has 117 valence electrons. The van der Waals surface area contributed by atoms with Crippen LogP contribution >= 0.6 is 0 Å². The first-order chi connectivity index (χ1) is 9.51. The highest BCUT2D eigenvalue weighted by molar-refractivity contribution is 5.77. The van der Waals surface area contributed by atoms with E-state index in [1.807, 2.05) is 0 Å². The second-order valence-corrected chi connectivity index (χ2v) is 5.30. The van der Waals surface area contributed by atoms with Crippen LogP contribution in [0.15, 0.2) is 0 Å². The van der Waals surface area contributed by atoms with Gasteiger partial charge < -0.3 is 9.47 Å². The summed E-state index contributed by atoms with van der Waals surface area (Å²) in [5, 5.41) is 0. The minimum absolute atomic E-state index is 0.960. The van der Waals surface area contributed by atoms with Gasteiger partial charge in [0.1, 0.15) is 5.60 Å². The van der Waals surface area contributed by atoms with Crippen molar-refractivity contribution in [2.45, 2.75) is 32.5 Å². The number of hydrogen-bond acceptors (Lipinski definition) is 3. The van der Waals surface area contributed by atoms with Crippen LogP contribution in [-0.4, -0.2) is 18.7 Å². The number of esters is 1. The molecule has 3 nitrogen and oxygen atoms in total. The highest BCUT2D eigenvalue weighted by atomic mass is 19.2. The van der Waals surface area contributed by atoms with Crippen molar-refractivity contribution < 1.29 is 31.8 Å². The van der Waals surface area contributed by atoms with Crippen molar-refractivity contribution in [1.29, 1.82) is 0 Å². The molecule has 1 radical (unpaired) electrons. The number of carbonyl (C=O) groups excluding carboxylic acids is 1. The standard InChI is InChI=1S/C14H15F4O3/c1-6-8(15)10(17)7(11(18)9(6)16)12(20-5)13(19)21-14(2,3)4/h12H,1H2,2-5H3. The van der Waals surface area contributed by atoms with Crippen LogP contribution in [0, 0.1) is 30.2 Å². The fourth-order valence-electron chi connectivity index (χ4n) is 1.61. The summed E-state index contributed by atoms with van der Waals surface area (Å²) in [5.74, 6) is -8.02. The van der Waals surface area contributed by atoms with Crippen LogP contribution in [0.25, 0.3) is 0 Å². The monoisotopic (exact) mass is 307 g/mol. The van der Waals surface area contributed by atoms with Gasteiger partial charge in [0.05, 0.1) is 5.56 Å². The molecule has 7 heteroatoms. The van der Waals surface area contributed by atoms with Crippen LogP contribution in [0.1, 0.15) is 38.0 Å². The normalized spacial score (nSPS) is 13.2. The fraction of sp³-hybridized carbons (Fsp3) is 0.429. The van der Waals surface area contributed by atoms with Gasteiger partial charge in [-0.25, -0.2) is 22.4 Å². The Bertz CT molecular complexity index is 535. The predicted molar refractivity (Wildman–Crippen MR) is 66.3 cm³/mol. The first-order valence-electron chi connectivity index (χ1n) is 5.94. The third kappa shape index (κ3) is 3.53. The Kier molecular flexibility index (Phi) is 4.99. The predicted octanol–water partition coefficient (Wildman–Crippen LogP) is 3.45. The smallest absolute Gasteiger partial charge is 0.340 e. The van der Waals surface area contributed by atoms with Crippen LogP contribution in [0.5, 0.6) is 0 Å². The third-order valence-electron chi connectivity index (χ3n) is 2.51. The van der Waals surface area contributed by atoms with Gasteiger partial charge in [0.25, 0.3) is 0 Å². The fourth-order valence-corrected chi connectivity index (χ4v) is 1.61. The topological polar surface area (TPSA) is 35.5 Å². The van der Waals surface area contributed by atoms with E-state index in [-0.39, 0.29) is 0 Å². The zero-order chi connectivity index (χ0) is 16.5. The molecule has 0 saturated carbocycles. The van der Waals surface area contributed by atoms with Crippen LogP contribution in [-0.2, 0) is 14.3 Å². The van der Waals surface area contributed by atoms with E-state index in [1.54, 1.807) is 0 Å². The SMILES string of the molecule is [CH2]c1c(F)c(F)c(C(OC)C(=O)OC(C)(C)C)c(F)c1F. The van der Waals surface area contributed by atoms with Gasteiger partial charge in [-0.05, 0) is 27.7 Å². The van der Waals surface area contributed by atoms with Gasteiger partial charge in [-0.2, -0.15) is 0 Å². The van der Waals surface area contributed by atoms with E-state index in [0.29, 0.717) is 0 Å². The van der Waals surface area contributed by atoms with Gasteiger partial charge >= 0.3 is 5.97 Å². The average molecular weight is 307 g/mol. The molecule has 1 rings (SSSR count). The molecule has 0 spiro atoms. The molecule has 21 heavy (non-hydrogen) atoms. The highest BCUT2D eigenvalue weighted by Crippen LogP contribution is 2.31. The van der Waals surface area contributed by atoms with Crippen molar-refractivity contribution in [2.24, 2.45) is 0 Å². The summed E-state index contributed by atoms with van der Waals surface area (Å²) in [4.78, 5) is 11.9. The average Bonchev–Trinajstić information content (AvgIpc) is 2.37. The summed E-state index contributed by atoms with van der Waals surface area (Å²) < 4.78 is 64.2. The van der Waals surface area contributed by atoms with Gasteiger partial charge in [0, 0.05) is 12.7 Å². The summed E-state index contributed by atoms with van der Waals surface area (Å²) in [6.07, 6.45) is -1.94. The molecule has 0 bridgehead atoms. The lowest BCUT2D eigenvalue weighted by Crippen LogP contribution is -2.30. The number of ether oxygens (including phenoxy) is 2. The Morgan fingerprint density at radius 2 is 1.48 bits per heavy atom. The summed E-state index contributed by atoms with van der Waals surface area (Å²) in [5.41, 5.74) is -3.22. The lowest BCUT2D eigenvalue weighted by atomic mass is 10.0. The minimum Gasteiger partial charge on any atom is -0.458 e. The third-order valence-corrected chi connectivity index (χ3v) is 2.51. The van der Waals surface area contributed by atoms with Crippen molar-refractivity contribution in [3.05, 3.63) is 41.3 Å². The molecule has 0 amide bonds. The molecule has 0 aliphatic carbocycles. The summed E-state index contributed by atoms with van der Waals surface area (Å²) in [6, 6.07) is 0. The van der Waals surface area contributed by atoms with Gasteiger partial charge in [0.2, 0.25) is 0 Å². The summed E-state index contributed by atoms with van der Waals surface area (Å²) in [7, 11) is 0.960. The maximum Gasteiger partial charge on any atom is 0.340 e. The first kappa shape index (κ1) is 17.4. The van der Waals surface area contributed by atoms with Crippen molar-refractivity contribution >= 4 is 5.97 Å². The number of benzene rings is 1. The molecule has 1 unspecified atom stereocenters. The molecule has 0 aromatic heterocycles. The molecule has 0 heterocycles. The van der Waals surface area contributed by atoms with E-state index in [4.69, 9.17) is 4.74 Å². The van der Waals surface area contributed by atoms with E-state index in [9.17, 15) is 22.4 Å². The van der Waals surface area contributed by atoms with Crippen LogP contribution in [0.2, 0.25) is 0 Å². The maximum atomic E-state index is 13.8. The van der Waals surface area contributed by atoms with E-state index < -0.39 is 52.1 Å². The van der Waals surface area contributed by atoms with E-state index in [2.05, 4.69) is 11.7 Å². The molecule has 0 aliphatic heterocycles. The second-order valence-electron chi connectivity index (χ2n) is 5.30. The summed E-state index contributed by atoms with van der Waals surface area (Å²) in [6.45, 7) is 7.44. The molecule has 0 saturated heterocycles. The Morgan fingerprint density at radius 1 is 1.05 bits per heavy atom. The molecule has 1 aromatic carbocycles. The molecule has 0 fully saturated rings. The maximum absolute atomic E-state index is 13.8. The zero-order valence-electron chi connectivity index (χ0n) is 12.0. The van der Waals surface area contributed by atoms with Gasteiger partial charge in [-0.3, -0.25) is 0 Å². The Labute approximate surface area is 119 Å². The number of hydrogen-bond donors (Lipinski definition) is 0. The zero-order valence-corrected chi connectivity index (χ0v) is 12.0. The minimum atomic E-state index is -1.94. The molecule has 1 atom stereocenters. The second kappa shape index (κ2) is 6.01. The Balaban J connectivity index is 3.40. The quantitative estimate of drug-likeness (QED) is 0.487. The summed E-state index contributed by atoms with van der Waals surface area (Å²) >= 11 is 0. The lowest BCUT2D eigenvalue weighted by Gasteiger charge is -2.24. The first-order valence-corrected chi connectivity index (χ1v) is 5.94. The van der Waals surface area contributed by atoms with Crippen molar-refractivity contribution in [1.82, 2.24) is 0 Å². The number of halogens is 4. The Morgan fingerprint density at radius 3 is 1.81 bits per heavy atom. The molecular formula is C14H15F4O3. The van der Waals surface area contributed by atoms with Crippen LogP contribution in [0.4, 0.5) is 17.6 Å². The van der Waals surface area contributed by atoms with E-state index in [1.165, 1.54) is 20.8 Å². The molecule has 0 N–H and O–H groups in total. The number of carbonyl (C=O) groups is 1. The van der Waals surface area contributed by atoms with Crippen LogP contribution in [0.3, 0.4) is 0 Å². The van der Waals surface area contributed by atoms with Crippen molar-refractivity contribution in [3.63, 3.8) is 0 Å². The van der Waals surface area contributed by atoms with Crippen molar-refractivity contribution in [3.8, 4) is 0 Å². The molecule has 1 aromatic rings. The van der Waals surface area contributed by atoms with Crippen LogP contribution < -0.4 is 0 Å². The highest BCUT2D eigenvalue weighted by Gasteiger charge is 2.35. The molecular weight excluding hydrogens is 292 g/mol. The van der Waals surface area contributed by atoms with E-state index in [0.717, 1.165) is 7.11 Å².